The Labute approximate surface area is 148 Å². The second kappa shape index (κ2) is 7.64. The Morgan fingerprint density at radius 2 is 1.68 bits per heavy atom. The Morgan fingerprint density at radius 1 is 1.00 bits per heavy atom. The lowest BCUT2D eigenvalue weighted by Gasteiger charge is -2.34. The summed E-state index contributed by atoms with van der Waals surface area (Å²) < 4.78 is 40.8. The van der Waals surface area contributed by atoms with Crippen LogP contribution < -0.4 is 0 Å². The molecule has 0 aromatic heterocycles. The predicted molar refractivity (Wildman–Crippen MR) is 96.5 cm³/mol. The normalized spacial score (nSPS) is 16.9. The molecule has 1 heterocycles. The van der Waals surface area contributed by atoms with Crippen molar-refractivity contribution < 1.29 is 12.8 Å². The van der Waals surface area contributed by atoms with Gasteiger partial charge in [0.2, 0.25) is 10.0 Å². The van der Waals surface area contributed by atoms with E-state index in [0.29, 0.717) is 31.7 Å². The summed E-state index contributed by atoms with van der Waals surface area (Å²) in [6.07, 6.45) is 0.945. The van der Waals surface area contributed by atoms with Crippen LogP contribution in [0.1, 0.15) is 11.1 Å². The zero-order chi connectivity index (χ0) is 17.9. The van der Waals surface area contributed by atoms with E-state index in [4.69, 9.17) is 0 Å². The summed E-state index contributed by atoms with van der Waals surface area (Å²) in [7, 11) is -3.77. The van der Waals surface area contributed by atoms with Crippen LogP contribution in [0.3, 0.4) is 0 Å². The Morgan fingerprint density at radius 3 is 2.32 bits per heavy atom. The number of hydrogen-bond acceptors (Lipinski definition) is 3. The summed E-state index contributed by atoms with van der Waals surface area (Å²) in [5, 5.41) is 0. The molecule has 2 aromatic carbocycles. The van der Waals surface area contributed by atoms with E-state index in [9.17, 15) is 12.8 Å². The van der Waals surface area contributed by atoms with E-state index in [0.717, 1.165) is 13.0 Å². The minimum Gasteiger partial charge on any atom is -0.300 e. The largest absolute Gasteiger partial charge is 0.300 e. The molecule has 1 aliphatic rings. The standard InChI is InChI=1S/C19H23FN2O2S/c1-16-7-8-19(18(20)15-16)25(23,24)22-13-11-21(12-14-22)10-9-17-5-3-2-4-6-17/h2-8,15H,9-14H2,1H3. The van der Waals surface area contributed by atoms with E-state index in [-0.39, 0.29) is 4.90 Å². The second-order valence-electron chi connectivity index (χ2n) is 6.42. The average Bonchev–Trinajstić information content (AvgIpc) is 2.61. The molecule has 0 unspecified atom stereocenters. The molecule has 134 valence electrons. The van der Waals surface area contributed by atoms with E-state index in [1.165, 1.54) is 22.0 Å². The Bertz CT molecular complexity index is 817. The van der Waals surface area contributed by atoms with Crippen molar-refractivity contribution in [1.29, 1.82) is 0 Å². The van der Waals surface area contributed by atoms with Gasteiger partial charge in [-0.3, -0.25) is 0 Å². The summed E-state index contributed by atoms with van der Waals surface area (Å²) in [5.41, 5.74) is 1.99. The molecule has 1 aliphatic heterocycles. The van der Waals surface area contributed by atoms with E-state index >= 15 is 0 Å². The fourth-order valence-electron chi connectivity index (χ4n) is 3.08. The minimum atomic E-state index is -3.77. The van der Waals surface area contributed by atoms with Crippen LogP contribution in [0, 0.1) is 12.7 Å². The van der Waals surface area contributed by atoms with E-state index in [1.54, 1.807) is 13.0 Å². The maximum absolute atomic E-state index is 14.1. The summed E-state index contributed by atoms with van der Waals surface area (Å²) >= 11 is 0. The van der Waals surface area contributed by atoms with Crippen LogP contribution in [0.15, 0.2) is 53.4 Å². The predicted octanol–water partition coefficient (Wildman–Crippen LogP) is 2.68. The highest BCUT2D eigenvalue weighted by Gasteiger charge is 2.30. The Balaban J connectivity index is 1.59. The first kappa shape index (κ1) is 18.0. The molecule has 3 rings (SSSR count). The first-order chi connectivity index (χ1) is 12.0. The highest BCUT2D eigenvalue weighted by Crippen LogP contribution is 2.21. The number of piperazine rings is 1. The summed E-state index contributed by atoms with van der Waals surface area (Å²) in [6, 6.07) is 14.5. The second-order valence-corrected chi connectivity index (χ2v) is 8.32. The van der Waals surface area contributed by atoms with Gasteiger partial charge in [-0.1, -0.05) is 36.4 Å². The van der Waals surface area contributed by atoms with Crippen LogP contribution in [-0.2, 0) is 16.4 Å². The molecule has 2 aromatic rings. The number of sulfonamides is 1. The highest BCUT2D eigenvalue weighted by molar-refractivity contribution is 7.89. The lowest BCUT2D eigenvalue weighted by Crippen LogP contribution is -2.49. The monoisotopic (exact) mass is 362 g/mol. The van der Waals surface area contributed by atoms with Crippen molar-refractivity contribution in [2.75, 3.05) is 32.7 Å². The summed E-state index contributed by atoms with van der Waals surface area (Å²) in [6.45, 7) is 4.76. The van der Waals surface area contributed by atoms with Gasteiger partial charge in [0, 0.05) is 32.7 Å². The van der Waals surface area contributed by atoms with Gasteiger partial charge in [0.25, 0.3) is 0 Å². The van der Waals surface area contributed by atoms with Gasteiger partial charge in [-0.2, -0.15) is 4.31 Å². The van der Waals surface area contributed by atoms with Crippen LogP contribution in [0.4, 0.5) is 4.39 Å². The quantitative estimate of drug-likeness (QED) is 0.821. The summed E-state index contributed by atoms with van der Waals surface area (Å²) in [4.78, 5) is 2.03. The van der Waals surface area contributed by atoms with Crippen molar-refractivity contribution in [3.8, 4) is 0 Å². The molecular formula is C19H23FN2O2S. The lowest BCUT2D eigenvalue weighted by molar-refractivity contribution is 0.190. The van der Waals surface area contributed by atoms with Gasteiger partial charge >= 0.3 is 0 Å². The van der Waals surface area contributed by atoms with Crippen molar-refractivity contribution in [2.24, 2.45) is 0 Å². The van der Waals surface area contributed by atoms with Crippen molar-refractivity contribution >= 4 is 10.0 Å². The lowest BCUT2D eigenvalue weighted by atomic mass is 10.1. The van der Waals surface area contributed by atoms with Crippen LogP contribution >= 0.6 is 0 Å². The average molecular weight is 362 g/mol. The molecular weight excluding hydrogens is 339 g/mol. The van der Waals surface area contributed by atoms with Crippen LogP contribution in [-0.4, -0.2) is 50.3 Å². The smallest absolute Gasteiger partial charge is 0.246 e. The van der Waals surface area contributed by atoms with E-state index < -0.39 is 15.8 Å². The Kier molecular flexibility index (Phi) is 5.51. The highest BCUT2D eigenvalue weighted by atomic mass is 32.2. The molecule has 0 bridgehead atoms. The zero-order valence-electron chi connectivity index (χ0n) is 14.4. The SMILES string of the molecule is Cc1ccc(S(=O)(=O)N2CCN(CCc3ccccc3)CC2)c(F)c1. The van der Waals surface area contributed by atoms with Crippen molar-refractivity contribution in [2.45, 2.75) is 18.2 Å². The first-order valence-corrected chi connectivity index (χ1v) is 9.93. The molecule has 0 N–H and O–H groups in total. The third-order valence-corrected chi connectivity index (χ3v) is 6.53. The van der Waals surface area contributed by atoms with E-state index in [1.807, 2.05) is 18.2 Å². The van der Waals surface area contributed by atoms with E-state index in [2.05, 4.69) is 17.0 Å². The van der Waals surface area contributed by atoms with Gasteiger partial charge in [0.05, 0.1) is 0 Å². The van der Waals surface area contributed by atoms with Crippen LogP contribution in [0.5, 0.6) is 0 Å². The number of benzene rings is 2. The fraction of sp³-hybridized carbons (Fsp3) is 0.368. The van der Waals surface area contributed by atoms with Crippen molar-refractivity contribution in [3.05, 3.63) is 65.5 Å². The Hall–Kier alpha value is -1.76. The molecule has 25 heavy (non-hydrogen) atoms. The molecule has 1 fully saturated rings. The molecule has 0 aliphatic carbocycles. The van der Waals surface area contributed by atoms with Crippen molar-refractivity contribution in [3.63, 3.8) is 0 Å². The third kappa shape index (κ3) is 4.26. The van der Waals surface area contributed by atoms with Crippen molar-refractivity contribution in [1.82, 2.24) is 9.21 Å². The molecule has 6 heteroatoms. The maximum atomic E-state index is 14.1. The molecule has 0 spiro atoms. The molecule has 1 saturated heterocycles. The number of nitrogens with zero attached hydrogens (tertiary/aromatic N) is 2. The van der Waals surface area contributed by atoms with Gasteiger partial charge in [-0.25, -0.2) is 12.8 Å². The number of halogens is 1. The van der Waals surface area contributed by atoms with Gasteiger partial charge < -0.3 is 4.90 Å². The topological polar surface area (TPSA) is 40.6 Å². The molecule has 0 saturated carbocycles. The third-order valence-electron chi connectivity index (χ3n) is 4.60. The fourth-order valence-corrected chi connectivity index (χ4v) is 4.55. The maximum Gasteiger partial charge on any atom is 0.246 e. The molecule has 4 nitrogen and oxygen atoms in total. The van der Waals surface area contributed by atoms with Gasteiger partial charge in [0.15, 0.2) is 0 Å². The number of hydrogen-bond donors (Lipinski definition) is 0. The van der Waals surface area contributed by atoms with Crippen LogP contribution in [0.25, 0.3) is 0 Å². The first-order valence-electron chi connectivity index (χ1n) is 8.49. The van der Waals surface area contributed by atoms with Gasteiger partial charge in [-0.15, -0.1) is 0 Å². The molecule has 0 amide bonds. The van der Waals surface area contributed by atoms with Gasteiger partial charge in [-0.05, 0) is 36.6 Å². The number of rotatable bonds is 5. The van der Waals surface area contributed by atoms with Crippen LogP contribution in [0.2, 0.25) is 0 Å². The summed E-state index contributed by atoms with van der Waals surface area (Å²) in [5.74, 6) is -0.675. The molecule has 0 atom stereocenters. The minimum absolute atomic E-state index is 0.226. The zero-order valence-corrected chi connectivity index (χ0v) is 15.2. The van der Waals surface area contributed by atoms with Gasteiger partial charge in [0.1, 0.15) is 10.7 Å². The molecule has 0 radical (unpaired) electrons. The number of aryl methyl sites for hydroxylation is 1.